The molecule has 1 N–H and O–H groups in total. The van der Waals surface area contributed by atoms with E-state index < -0.39 is 0 Å². The van der Waals surface area contributed by atoms with Gasteiger partial charge in [-0.15, -0.1) is 0 Å². The fourth-order valence-corrected chi connectivity index (χ4v) is 1.92. The van der Waals surface area contributed by atoms with Gasteiger partial charge in [0.15, 0.2) is 0 Å². The second-order valence-electron chi connectivity index (χ2n) is 4.35. The minimum Gasteiger partial charge on any atom is -0.496 e. The van der Waals surface area contributed by atoms with E-state index in [9.17, 15) is 0 Å². The van der Waals surface area contributed by atoms with Gasteiger partial charge in [0, 0.05) is 6.04 Å². The van der Waals surface area contributed by atoms with E-state index in [0.717, 1.165) is 18.6 Å². The first-order valence-corrected chi connectivity index (χ1v) is 5.93. The number of hydrogen-bond acceptors (Lipinski definition) is 2. The Morgan fingerprint density at radius 3 is 2.38 bits per heavy atom. The van der Waals surface area contributed by atoms with Gasteiger partial charge in [0.1, 0.15) is 5.75 Å². The molecule has 90 valence electrons. The molecule has 0 saturated carbocycles. The van der Waals surface area contributed by atoms with Crippen LogP contribution in [0.15, 0.2) is 12.1 Å². The standard InChI is InChI=1S/C14H23NO/c1-6-13(15-4)9-12-7-10(2)11(3)8-14(12)16-5/h7-8,13,15H,6,9H2,1-5H3. The van der Waals surface area contributed by atoms with Crippen molar-refractivity contribution in [2.24, 2.45) is 0 Å². The van der Waals surface area contributed by atoms with E-state index in [4.69, 9.17) is 4.74 Å². The summed E-state index contributed by atoms with van der Waals surface area (Å²) in [5, 5.41) is 3.33. The lowest BCUT2D eigenvalue weighted by Crippen LogP contribution is -2.26. The fraction of sp³-hybridized carbons (Fsp3) is 0.571. The lowest BCUT2D eigenvalue weighted by atomic mass is 9.98. The van der Waals surface area contributed by atoms with Gasteiger partial charge in [0.25, 0.3) is 0 Å². The Kier molecular flexibility index (Phi) is 4.81. The predicted octanol–water partition coefficient (Wildman–Crippen LogP) is 2.85. The lowest BCUT2D eigenvalue weighted by molar-refractivity contribution is 0.405. The summed E-state index contributed by atoms with van der Waals surface area (Å²) in [6, 6.07) is 4.90. The fourth-order valence-electron chi connectivity index (χ4n) is 1.92. The first kappa shape index (κ1) is 13.0. The molecule has 0 aliphatic carbocycles. The molecule has 0 aromatic heterocycles. The Labute approximate surface area is 99.0 Å². The highest BCUT2D eigenvalue weighted by Gasteiger charge is 2.10. The largest absolute Gasteiger partial charge is 0.496 e. The van der Waals surface area contributed by atoms with Crippen molar-refractivity contribution >= 4 is 0 Å². The third-order valence-electron chi connectivity index (χ3n) is 3.26. The van der Waals surface area contributed by atoms with Gasteiger partial charge in [0.05, 0.1) is 7.11 Å². The first-order chi connectivity index (χ1) is 7.62. The maximum atomic E-state index is 5.44. The van der Waals surface area contributed by atoms with Crippen molar-refractivity contribution in [2.75, 3.05) is 14.2 Å². The zero-order chi connectivity index (χ0) is 12.1. The SMILES string of the molecule is CCC(Cc1cc(C)c(C)cc1OC)NC. The monoisotopic (exact) mass is 221 g/mol. The normalized spacial score (nSPS) is 12.6. The van der Waals surface area contributed by atoms with Gasteiger partial charge in [-0.2, -0.15) is 0 Å². The molecular formula is C14H23NO. The average Bonchev–Trinajstić information content (AvgIpc) is 2.29. The van der Waals surface area contributed by atoms with Gasteiger partial charge in [-0.1, -0.05) is 13.0 Å². The maximum absolute atomic E-state index is 5.44. The highest BCUT2D eigenvalue weighted by atomic mass is 16.5. The van der Waals surface area contributed by atoms with Crippen LogP contribution in [0, 0.1) is 13.8 Å². The highest BCUT2D eigenvalue weighted by Crippen LogP contribution is 2.24. The summed E-state index contributed by atoms with van der Waals surface area (Å²) in [4.78, 5) is 0. The lowest BCUT2D eigenvalue weighted by Gasteiger charge is -2.17. The van der Waals surface area contributed by atoms with Crippen LogP contribution in [0.1, 0.15) is 30.0 Å². The summed E-state index contributed by atoms with van der Waals surface area (Å²) in [5.41, 5.74) is 3.92. The molecule has 0 aliphatic rings. The van der Waals surface area contributed by atoms with E-state index in [2.05, 4.69) is 38.2 Å². The summed E-state index contributed by atoms with van der Waals surface area (Å²) in [6.45, 7) is 6.48. The van der Waals surface area contributed by atoms with E-state index in [1.165, 1.54) is 16.7 Å². The van der Waals surface area contributed by atoms with E-state index in [1.54, 1.807) is 7.11 Å². The molecule has 0 heterocycles. The zero-order valence-corrected chi connectivity index (χ0v) is 11.1. The average molecular weight is 221 g/mol. The van der Waals surface area contributed by atoms with Crippen LogP contribution >= 0.6 is 0 Å². The molecule has 16 heavy (non-hydrogen) atoms. The Balaban J connectivity index is 2.97. The van der Waals surface area contributed by atoms with Crippen molar-refractivity contribution in [3.8, 4) is 5.75 Å². The van der Waals surface area contributed by atoms with Crippen LogP contribution in [-0.2, 0) is 6.42 Å². The van der Waals surface area contributed by atoms with E-state index >= 15 is 0 Å². The van der Waals surface area contributed by atoms with E-state index in [1.807, 2.05) is 7.05 Å². The van der Waals surface area contributed by atoms with E-state index in [0.29, 0.717) is 6.04 Å². The third kappa shape index (κ3) is 2.99. The van der Waals surface area contributed by atoms with Crippen molar-refractivity contribution in [2.45, 2.75) is 39.7 Å². The highest BCUT2D eigenvalue weighted by molar-refractivity contribution is 5.42. The van der Waals surface area contributed by atoms with Crippen LogP contribution < -0.4 is 10.1 Å². The van der Waals surface area contributed by atoms with Gasteiger partial charge >= 0.3 is 0 Å². The zero-order valence-electron chi connectivity index (χ0n) is 11.1. The number of nitrogens with one attached hydrogen (secondary N) is 1. The molecule has 0 radical (unpaired) electrons. The number of benzene rings is 1. The summed E-state index contributed by atoms with van der Waals surface area (Å²) in [6.07, 6.45) is 2.16. The van der Waals surface area contributed by atoms with Crippen LogP contribution in [0.2, 0.25) is 0 Å². The molecule has 0 bridgehead atoms. The number of rotatable bonds is 5. The molecule has 0 aliphatic heterocycles. The topological polar surface area (TPSA) is 21.3 Å². The molecule has 2 heteroatoms. The number of methoxy groups -OCH3 is 1. The predicted molar refractivity (Wildman–Crippen MR) is 69.3 cm³/mol. The molecule has 2 nitrogen and oxygen atoms in total. The van der Waals surface area contributed by atoms with Crippen LogP contribution in [0.5, 0.6) is 5.75 Å². The Morgan fingerprint density at radius 2 is 1.88 bits per heavy atom. The van der Waals surface area contributed by atoms with Gasteiger partial charge in [-0.25, -0.2) is 0 Å². The molecule has 1 unspecified atom stereocenters. The van der Waals surface area contributed by atoms with Crippen molar-refractivity contribution in [1.82, 2.24) is 5.32 Å². The van der Waals surface area contributed by atoms with Gasteiger partial charge in [-0.05, 0) is 56.5 Å². The van der Waals surface area contributed by atoms with E-state index in [-0.39, 0.29) is 0 Å². The first-order valence-electron chi connectivity index (χ1n) is 5.93. The van der Waals surface area contributed by atoms with Gasteiger partial charge in [-0.3, -0.25) is 0 Å². The minimum absolute atomic E-state index is 0.524. The minimum atomic E-state index is 0.524. The molecule has 0 fully saturated rings. The number of hydrogen-bond donors (Lipinski definition) is 1. The van der Waals surface area contributed by atoms with Crippen LogP contribution in [0.4, 0.5) is 0 Å². The summed E-state index contributed by atoms with van der Waals surface area (Å²) in [5.74, 6) is 1.01. The molecular weight excluding hydrogens is 198 g/mol. The number of aryl methyl sites for hydroxylation is 2. The molecule has 0 amide bonds. The van der Waals surface area contributed by atoms with Gasteiger partial charge in [0.2, 0.25) is 0 Å². The van der Waals surface area contributed by atoms with Crippen molar-refractivity contribution in [3.05, 3.63) is 28.8 Å². The molecule has 0 spiro atoms. The molecule has 1 atom stereocenters. The number of ether oxygens (including phenoxy) is 1. The van der Waals surface area contributed by atoms with Crippen LogP contribution in [0.25, 0.3) is 0 Å². The Morgan fingerprint density at radius 1 is 1.25 bits per heavy atom. The smallest absolute Gasteiger partial charge is 0.122 e. The molecule has 0 saturated heterocycles. The van der Waals surface area contributed by atoms with Gasteiger partial charge < -0.3 is 10.1 Å². The second kappa shape index (κ2) is 5.90. The number of likely N-dealkylation sites (N-methyl/N-ethyl adjacent to an activating group) is 1. The van der Waals surface area contributed by atoms with Crippen LogP contribution in [0.3, 0.4) is 0 Å². The molecule has 1 aromatic rings. The molecule has 1 aromatic carbocycles. The van der Waals surface area contributed by atoms with Crippen LogP contribution in [-0.4, -0.2) is 20.2 Å². The third-order valence-corrected chi connectivity index (χ3v) is 3.26. The Bertz CT molecular complexity index is 343. The summed E-state index contributed by atoms with van der Waals surface area (Å²) < 4.78 is 5.44. The summed E-state index contributed by atoms with van der Waals surface area (Å²) >= 11 is 0. The van der Waals surface area contributed by atoms with Crippen molar-refractivity contribution < 1.29 is 4.74 Å². The quantitative estimate of drug-likeness (QED) is 0.825. The molecule has 1 rings (SSSR count). The Hall–Kier alpha value is -1.02. The maximum Gasteiger partial charge on any atom is 0.122 e. The summed E-state index contributed by atoms with van der Waals surface area (Å²) in [7, 11) is 3.76. The second-order valence-corrected chi connectivity index (χ2v) is 4.35. The van der Waals surface area contributed by atoms with Crippen molar-refractivity contribution in [1.29, 1.82) is 0 Å². The van der Waals surface area contributed by atoms with Crippen molar-refractivity contribution in [3.63, 3.8) is 0 Å².